The molecule has 0 aliphatic heterocycles. The second-order valence-electron chi connectivity index (χ2n) is 5.23. The Bertz CT molecular complexity index is 801. The number of carbonyl (C=O) groups excluding carboxylic acids is 1. The Morgan fingerprint density at radius 1 is 1.17 bits per heavy atom. The molecule has 0 saturated heterocycles. The number of nitrogens with one attached hydrogen (secondary N) is 1. The number of hydrogen-bond acceptors (Lipinski definition) is 3. The molecular weight excluding hydrogens is 290 g/mol. The van der Waals surface area contributed by atoms with Gasteiger partial charge in [0.05, 0.1) is 0 Å². The quantitative estimate of drug-likeness (QED) is 0.786. The van der Waals surface area contributed by atoms with Crippen molar-refractivity contribution in [2.24, 2.45) is 0 Å². The first-order valence-electron chi connectivity index (χ1n) is 7.58. The van der Waals surface area contributed by atoms with Crippen LogP contribution >= 0.6 is 0 Å². The van der Waals surface area contributed by atoms with Gasteiger partial charge in [0.2, 0.25) is 0 Å². The molecule has 6 heteroatoms. The van der Waals surface area contributed by atoms with Crippen molar-refractivity contribution in [1.29, 1.82) is 0 Å². The average Bonchev–Trinajstić information content (AvgIpc) is 3.21. The lowest BCUT2D eigenvalue weighted by atomic mass is 10.2. The van der Waals surface area contributed by atoms with Crippen molar-refractivity contribution in [3.8, 4) is 5.69 Å². The summed E-state index contributed by atoms with van der Waals surface area (Å²) in [6, 6.07) is 9.78. The summed E-state index contributed by atoms with van der Waals surface area (Å²) in [4.78, 5) is 16.4. The molecule has 0 unspecified atom stereocenters. The number of hydrogen-bond donors (Lipinski definition) is 1. The molecular formula is C17H19N5O. The molecule has 1 amide bonds. The van der Waals surface area contributed by atoms with E-state index in [9.17, 15) is 4.79 Å². The predicted octanol–water partition coefficient (Wildman–Crippen LogP) is 2.33. The molecule has 0 aliphatic carbocycles. The van der Waals surface area contributed by atoms with Gasteiger partial charge >= 0.3 is 0 Å². The van der Waals surface area contributed by atoms with Crippen molar-refractivity contribution in [3.63, 3.8) is 0 Å². The molecule has 23 heavy (non-hydrogen) atoms. The van der Waals surface area contributed by atoms with Crippen molar-refractivity contribution in [3.05, 3.63) is 66.0 Å². The van der Waals surface area contributed by atoms with Gasteiger partial charge < -0.3 is 9.88 Å². The van der Waals surface area contributed by atoms with E-state index in [0.717, 1.165) is 17.1 Å². The van der Waals surface area contributed by atoms with Crippen molar-refractivity contribution in [1.82, 2.24) is 24.6 Å². The van der Waals surface area contributed by atoms with Crippen molar-refractivity contribution < 1.29 is 4.79 Å². The first-order valence-corrected chi connectivity index (χ1v) is 7.58. The van der Waals surface area contributed by atoms with Crippen molar-refractivity contribution >= 4 is 5.91 Å². The smallest absolute Gasteiger partial charge is 0.269 e. The molecule has 2 aromatic heterocycles. The fraction of sp³-hybridized carbons (Fsp3) is 0.235. The molecule has 0 aliphatic rings. The highest BCUT2D eigenvalue weighted by molar-refractivity contribution is 5.92. The van der Waals surface area contributed by atoms with Gasteiger partial charge in [0.25, 0.3) is 5.91 Å². The van der Waals surface area contributed by atoms with Gasteiger partial charge in [0.1, 0.15) is 11.5 Å². The number of aryl methyl sites for hydroxylation is 2. The van der Waals surface area contributed by atoms with Gasteiger partial charge in [-0.25, -0.2) is 4.98 Å². The Morgan fingerprint density at radius 2 is 1.96 bits per heavy atom. The van der Waals surface area contributed by atoms with E-state index in [-0.39, 0.29) is 5.91 Å². The van der Waals surface area contributed by atoms with Crippen LogP contribution in [-0.4, -0.2) is 25.2 Å². The number of nitrogens with zero attached hydrogens (tertiary/aromatic N) is 4. The summed E-state index contributed by atoms with van der Waals surface area (Å²) in [6.07, 6.45) is 5.35. The van der Waals surface area contributed by atoms with Gasteiger partial charge in [-0.05, 0) is 37.6 Å². The first kappa shape index (κ1) is 15.0. The summed E-state index contributed by atoms with van der Waals surface area (Å²) in [5.74, 6) is 0.831. The lowest BCUT2D eigenvalue weighted by Crippen LogP contribution is -2.25. The van der Waals surface area contributed by atoms with Gasteiger partial charge in [-0.1, -0.05) is 12.1 Å². The van der Waals surface area contributed by atoms with E-state index in [2.05, 4.69) is 15.4 Å². The predicted molar refractivity (Wildman–Crippen MR) is 87.4 cm³/mol. The molecule has 1 aromatic carbocycles. The summed E-state index contributed by atoms with van der Waals surface area (Å²) in [7, 11) is 0. The first-order chi connectivity index (χ1) is 11.2. The maximum absolute atomic E-state index is 12.2. The Hall–Kier alpha value is -2.89. The lowest BCUT2D eigenvalue weighted by Gasteiger charge is -2.09. The summed E-state index contributed by atoms with van der Waals surface area (Å²) < 4.78 is 3.70. The monoisotopic (exact) mass is 309 g/mol. The molecule has 0 atom stereocenters. The Kier molecular flexibility index (Phi) is 4.23. The molecule has 3 rings (SSSR count). The van der Waals surface area contributed by atoms with Crippen LogP contribution in [0, 0.1) is 6.92 Å². The minimum atomic E-state index is -0.112. The fourth-order valence-electron chi connectivity index (χ4n) is 2.48. The second kappa shape index (κ2) is 6.48. The van der Waals surface area contributed by atoms with Crippen LogP contribution in [0.25, 0.3) is 5.69 Å². The van der Waals surface area contributed by atoms with E-state index < -0.39 is 0 Å². The third kappa shape index (κ3) is 3.15. The van der Waals surface area contributed by atoms with E-state index in [0.29, 0.717) is 18.8 Å². The molecule has 0 saturated carbocycles. The van der Waals surface area contributed by atoms with Crippen LogP contribution in [-0.2, 0) is 13.1 Å². The summed E-state index contributed by atoms with van der Waals surface area (Å²) >= 11 is 0. The maximum Gasteiger partial charge on any atom is 0.269 e. The van der Waals surface area contributed by atoms with E-state index in [1.807, 2.05) is 48.9 Å². The maximum atomic E-state index is 12.2. The minimum absolute atomic E-state index is 0.112. The highest BCUT2D eigenvalue weighted by Crippen LogP contribution is 2.12. The van der Waals surface area contributed by atoms with Crippen molar-refractivity contribution in [2.75, 3.05) is 0 Å². The second-order valence-corrected chi connectivity index (χ2v) is 5.23. The van der Waals surface area contributed by atoms with Crippen LogP contribution in [0.15, 0.2) is 48.9 Å². The Balaban J connectivity index is 1.65. The van der Waals surface area contributed by atoms with Crippen LogP contribution in [0.1, 0.15) is 28.8 Å². The van der Waals surface area contributed by atoms with Crippen molar-refractivity contribution in [2.45, 2.75) is 26.9 Å². The average molecular weight is 309 g/mol. The molecule has 0 fully saturated rings. The van der Waals surface area contributed by atoms with Crippen LogP contribution in [0.5, 0.6) is 0 Å². The SMILES string of the molecule is CCn1nccc1C(=O)NCc1ccc(-n2ccnc2C)cc1. The summed E-state index contributed by atoms with van der Waals surface area (Å²) in [5, 5.41) is 7.03. The third-order valence-electron chi connectivity index (χ3n) is 3.74. The molecule has 6 nitrogen and oxygen atoms in total. The van der Waals surface area contributed by atoms with E-state index in [1.54, 1.807) is 23.1 Å². The molecule has 2 heterocycles. The zero-order chi connectivity index (χ0) is 16.2. The standard InChI is InChI=1S/C17H19N5O/c1-3-22-16(8-9-20-22)17(23)19-12-14-4-6-15(7-5-14)21-11-10-18-13(21)2/h4-11H,3,12H2,1-2H3,(H,19,23). The van der Waals surface area contributed by atoms with Crippen LogP contribution in [0.2, 0.25) is 0 Å². The Morgan fingerprint density at radius 3 is 2.61 bits per heavy atom. The molecule has 0 spiro atoms. The van der Waals surface area contributed by atoms with Crippen LogP contribution in [0.4, 0.5) is 0 Å². The largest absolute Gasteiger partial charge is 0.347 e. The van der Waals surface area contributed by atoms with Gasteiger partial charge in [0, 0.05) is 37.4 Å². The topological polar surface area (TPSA) is 64.7 Å². The van der Waals surface area contributed by atoms with Gasteiger partial charge in [-0.2, -0.15) is 5.10 Å². The van der Waals surface area contributed by atoms with E-state index in [1.165, 1.54) is 0 Å². The molecule has 0 bridgehead atoms. The van der Waals surface area contributed by atoms with Gasteiger partial charge in [-0.15, -0.1) is 0 Å². The van der Waals surface area contributed by atoms with E-state index >= 15 is 0 Å². The molecule has 0 radical (unpaired) electrons. The number of imidazole rings is 1. The summed E-state index contributed by atoms with van der Waals surface area (Å²) in [5.41, 5.74) is 2.68. The van der Waals surface area contributed by atoms with Gasteiger partial charge in [0.15, 0.2) is 0 Å². The molecule has 3 aromatic rings. The zero-order valence-electron chi connectivity index (χ0n) is 13.2. The van der Waals surface area contributed by atoms with Crippen LogP contribution in [0.3, 0.4) is 0 Å². The van der Waals surface area contributed by atoms with Crippen LogP contribution < -0.4 is 5.32 Å². The van der Waals surface area contributed by atoms with E-state index in [4.69, 9.17) is 0 Å². The zero-order valence-corrected chi connectivity index (χ0v) is 13.2. The Labute approximate surface area is 134 Å². The highest BCUT2D eigenvalue weighted by atomic mass is 16.2. The molecule has 1 N–H and O–H groups in total. The number of aromatic nitrogens is 4. The number of benzene rings is 1. The number of amides is 1. The summed E-state index contributed by atoms with van der Waals surface area (Å²) in [6.45, 7) is 5.08. The third-order valence-corrected chi connectivity index (χ3v) is 3.74. The lowest BCUT2D eigenvalue weighted by molar-refractivity contribution is 0.0940. The highest BCUT2D eigenvalue weighted by Gasteiger charge is 2.10. The number of carbonyl (C=O) groups is 1. The normalized spacial score (nSPS) is 10.7. The molecule has 118 valence electrons. The van der Waals surface area contributed by atoms with Gasteiger partial charge in [-0.3, -0.25) is 9.48 Å². The fourth-order valence-corrected chi connectivity index (χ4v) is 2.48. The minimum Gasteiger partial charge on any atom is -0.347 e. The number of rotatable bonds is 5.